The fourth-order valence-corrected chi connectivity index (χ4v) is 3.68. The van der Waals surface area contributed by atoms with Crippen LogP contribution in [0.3, 0.4) is 0 Å². The first-order chi connectivity index (χ1) is 12.3. The standard InChI is InChI=1S/C19H23ClN2O3S/c1-3-21(15-16-7-5-4-6-8-16)19(23)13-14-22(26(2,24)25)18-11-9-17(20)10-12-18/h4-12H,3,13-15H2,1-2H3. The molecule has 0 saturated carbocycles. The Kier molecular flexibility index (Phi) is 7.06. The van der Waals surface area contributed by atoms with E-state index in [0.29, 0.717) is 23.8 Å². The minimum atomic E-state index is -3.50. The Morgan fingerprint density at radius 1 is 1.04 bits per heavy atom. The van der Waals surface area contributed by atoms with E-state index >= 15 is 0 Å². The van der Waals surface area contributed by atoms with Gasteiger partial charge >= 0.3 is 0 Å². The second-order valence-corrected chi connectivity index (χ2v) is 8.30. The van der Waals surface area contributed by atoms with Gasteiger partial charge in [-0.3, -0.25) is 9.10 Å². The summed E-state index contributed by atoms with van der Waals surface area (Å²) in [7, 11) is -3.50. The van der Waals surface area contributed by atoms with Crippen molar-refractivity contribution in [2.45, 2.75) is 19.9 Å². The van der Waals surface area contributed by atoms with Crippen molar-refractivity contribution < 1.29 is 13.2 Å². The van der Waals surface area contributed by atoms with Crippen molar-refractivity contribution in [2.75, 3.05) is 23.7 Å². The molecule has 0 unspecified atom stereocenters. The zero-order valence-electron chi connectivity index (χ0n) is 14.9. The first kappa shape index (κ1) is 20.3. The van der Waals surface area contributed by atoms with E-state index in [-0.39, 0.29) is 18.9 Å². The molecule has 0 bridgehead atoms. The van der Waals surface area contributed by atoms with Gasteiger partial charge in [-0.2, -0.15) is 0 Å². The van der Waals surface area contributed by atoms with Gasteiger partial charge in [-0.15, -0.1) is 0 Å². The normalized spacial score (nSPS) is 11.2. The molecule has 0 aromatic heterocycles. The largest absolute Gasteiger partial charge is 0.339 e. The first-order valence-electron chi connectivity index (χ1n) is 8.36. The van der Waals surface area contributed by atoms with Crippen molar-refractivity contribution in [3.05, 3.63) is 65.2 Å². The highest BCUT2D eigenvalue weighted by Crippen LogP contribution is 2.21. The van der Waals surface area contributed by atoms with E-state index in [1.54, 1.807) is 29.2 Å². The Morgan fingerprint density at radius 3 is 2.19 bits per heavy atom. The molecule has 140 valence electrons. The van der Waals surface area contributed by atoms with Crippen LogP contribution in [-0.2, 0) is 21.4 Å². The molecule has 0 aliphatic heterocycles. The molecule has 5 nitrogen and oxygen atoms in total. The molecule has 0 aliphatic rings. The van der Waals surface area contributed by atoms with Crippen molar-refractivity contribution in [3.8, 4) is 0 Å². The highest BCUT2D eigenvalue weighted by atomic mass is 35.5. The van der Waals surface area contributed by atoms with Crippen molar-refractivity contribution in [1.82, 2.24) is 4.90 Å². The molecule has 0 radical (unpaired) electrons. The number of halogens is 1. The zero-order valence-corrected chi connectivity index (χ0v) is 16.5. The predicted octanol–water partition coefficient (Wildman–Crippen LogP) is 3.54. The predicted molar refractivity (Wildman–Crippen MR) is 106 cm³/mol. The summed E-state index contributed by atoms with van der Waals surface area (Å²) in [5, 5.41) is 0.526. The molecule has 0 saturated heterocycles. The van der Waals surface area contributed by atoms with Crippen LogP contribution in [0, 0.1) is 0 Å². The second kappa shape index (κ2) is 9.05. The maximum absolute atomic E-state index is 12.6. The lowest BCUT2D eigenvalue weighted by Gasteiger charge is -2.25. The Hall–Kier alpha value is -2.05. The Balaban J connectivity index is 2.07. The second-order valence-electron chi connectivity index (χ2n) is 5.96. The number of hydrogen-bond donors (Lipinski definition) is 0. The monoisotopic (exact) mass is 394 g/mol. The summed E-state index contributed by atoms with van der Waals surface area (Å²) in [6, 6.07) is 16.2. The fourth-order valence-electron chi connectivity index (χ4n) is 2.63. The van der Waals surface area contributed by atoms with Crippen LogP contribution >= 0.6 is 11.6 Å². The topological polar surface area (TPSA) is 57.7 Å². The van der Waals surface area contributed by atoms with E-state index in [4.69, 9.17) is 11.6 Å². The lowest BCUT2D eigenvalue weighted by Crippen LogP contribution is -2.36. The van der Waals surface area contributed by atoms with E-state index < -0.39 is 10.0 Å². The van der Waals surface area contributed by atoms with Gasteiger partial charge in [-0.05, 0) is 36.8 Å². The summed E-state index contributed by atoms with van der Waals surface area (Å²) in [6.07, 6.45) is 1.24. The Labute approximate surface area is 160 Å². The van der Waals surface area contributed by atoms with Crippen LogP contribution in [0.25, 0.3) is 0 Å². The van der Waals surface area contributed by atoms with Crippen LogP contribution in [0.15, 0.2) is 54.6 Å². The van der Waals surface area contributed by atoms with E-state index in [2.05, 4.69) is 0 Å². The van der Waals surface area contributed by atoms with Gasteiger partial charge < -0.3 is 4.90 Å². The van der Waals surface area contributed by atoms with Crippen molar-refractivity contribution in [1.29, 1.82) is 0 Å². The number of hydrogen-bond acceptors (Lipinski definition) is 3. The summed E-state index contributed by atoms with van der Waals surface area (Å²) < 4.78 is 25.5. The fraction of sp³-hybridized carbons (Fsp3) is 0.316. The number of benzene rings is 2. The molecular formula is C19H23ClN2O3S. The number of rotatable bonds is 8. The van der Waals surface area contributed by atoms with E-state index in [1.165, 1.54) is 4.31 Å². The quantitative estimate of drug-likeness (QED) is 0.688. The van der Waals surface area contributed by atoms with Crippen LogP contribution in [0.5, 0.6) is 0 Å². The van der Waals surface area contributed by atoms with Crippen LogP contribution in [0.1, 0.15) is 18.9 Å². The van der Waals surface area contributed by atoms with E-state index in [9.17, 15) is 13.2 Å². The minimum absolute atomic E-state index is 0.0843. The average molecular weight is 395 g/mol. The van der Waals surface area contributed by atoms with Gasteiger partial charge in [0.2, 0.25) is 15.9 Å². The van der Waals surface area contributed by atoms with Crippen LogP contribution in [-0.4, -0.2) is 38.6 Å². The van der Waals surface area contributed by atoms with E-state index in [0.717, 1.165) is 11.8 Å². The molecule has 2 rings (SSSR count). The summed E-state index contributed by atoms with van der Waals surface area (Å²) in [5.41, 5.74) is 1.54. The zero-order chi connectivity index (χ0) is 19.2. The van der Waals surface area contributed by atoms with E-state index in [1.807, 2.05) is 37.3 Å². The highest BCUT2D eigenvalue weighted by Gasteiger charge is 2.20. The summed E-state index contributed by atoms with van der Waals surface area (Å²) in [5.74, 6) is -0.0843. The number of carbonyl (C=O) groups excluding carboxylic acids is 1. The smallest absolute Gasteiger partial charge is 0.232 e. The maximum atomic E-state index is 12.6. The lowest BCUT2D eigenvalue weighted by atomic mass is 10.2. The van der Waals surface area contributed by atoms with Gasteiger partial charge in [0, 0.05) is 31.1 Å². The highest BCUT2D eigenvalue weighted by molar-refractivity contribution is 7.92. The van der Waals surface area contributed by atoms with Gasteiger partial charge in [0.1, 0.15) is 0 Å². The third-order valence-electron chi connectivity index (χ3n) is 3.99. The SMILES string of the molecule is CCN(Cc1ccccc1)C(=O)CCN(c1ccc(Cl)cc1)S(C)(=O)=O. The molecule has 0 spiro atoms. The van der Waals surface area contributed by atoms with Gasteiger partial charge in [-0.1, -0.05) is 41.9 Å². The average Bonchev–Trinajstić information content (AvgIpc) is 2.61. The summed E-state index contributed by atoms with van der Waals surface area (Å²) >= 11 is 5.87. The minimum Gasteiger partial charge on any atom is -0.339 e. The molecule has 2 aromatic rings. The number of anilines is 1. The maximum Gasteiger partial charge on any atom is 0.232 e. The molecule has 0 aliphatic carbocycles. The van der Waals surface area contributed by atoms with Crippen molar-refractivity contribution in [2.24, 2.45) is 0 Å². The lowest BCUT2D eigenvalue weighted by molar-refractivity contribution is -0.131. The first-order valence-corrected chi connectivity index (χ1v) is 10.6. The number of carbonyl (C=O) groups is 1. The number of sulfonamides is 1. The molecular weight excluding hydrogens is 372 g/mol. The third kappa shape index (κ3) is 5.75. The summed E-state index contributed by atoms with van der Waals surface area (Å²) in [4.78, 5) is 14.3. The van der Waals surface area contributed by atoms with Crippen LogP contribution in [0.2, 0.25) is 5.02 Å². The van der Waals surface area contributed by atoms with Crippen LogP contribution in [0.4, 0.5) is 5.69 Å². The Morgan fingerprint density at radius 2 is 1.65 bits per heavy atom. The summed E-state index contributed by atoms with van der Waals surface area (Å²) in [6.45, 7) is 3.07. The molecule has 7 heteroatoms. The molecule has 1 amide bonds. The Bertz CT molecular complexity index is 824. The van der Waals surface area contributed by atoms with Crippen LogP contribution < -0.4 is 4.31 Å². The number of amides is 1. The van der Waals surface area contributed by atoms with Gasteiger partial charge in [0.25, 0.3) is 0 Å². The molecule has 0 atom stereocenters. The van der Waals surface area contributed by atoms with Gasteiger partial charge in [0.15, 0.2) is 0 Å². The number of nitrogens with zero attached hydrogens (tertiary/aromatic N) is 2. The van der Waals surface area contributed by atoms with Gasteiger partial charge in [0.05, 0.1) is 11.9 Å². The molecule has 0 fully saturated rings. The molecule has 26 heavy (non-hydrogen) atoms. The third-order valence-corrected chi connectivity index (χ3v) is 5.44. The van der Waals surface area contributed by atoms with Gasteiger partial charge in [-0.25, -0.2) is 8.42 Å². The molecule has 0 heterocycles. The van der Waals surface area contributed by atoms with Crippen molar-refractivity contribution >= 4 is 33.2 Å². The van der Waals surface area contributed by atoms with Crippen molar-refractivity contribution in [3.63, 3.8) is 0 Å². The molecule has 0 N–H and O–H groups in total. The molecule has 2 aromatic carbocycles.